The molecule has 0 aliphatic heterocycles. The molecule has 5 N–H and O–H groups in total. The Labute approximate surface area is 198 Å². The van der Waals surface area contributed by atoms with Crippen LogP contribution in [0, 0.1) is 0 Å². The van der Waals surface area contributed by atoms with E-state index in [1.165, 1.54) is 0 Å². The molecule has 35 heavy (non-hydrogen) atoms. The monoisotopic (exact) mass is 545 g/mol. The highest BCUT2D eigenvalue weighted by Crippen LogP contribution is 2.45. The Morgan fingerprint density at radius 2 is 1.37 bits per heavy atom. The number of fused-ring (bicyclic) bond motifs is 1. The number of nitrogens with zero attached hydrogens (tertiary/aromatic N) is 2. The van der Waals surface area contributed by atoms with E-state index in [1.807, 2.05) is 0 Å². The maximum atomic E-state index is 12.0. The molecular formula is C18H15N3O11S3. The van der Waals surface area contributed by atoms with Crippen molar-refractivity contribution < 1.29 is 48.8 Å². The van der Waals surface area contributed by atoms with Crippen molar-refractivity contribution >= 4 is 64.1 Å². The topological polar surface area (TPSA) is 237 Å². The maximum absolute atomic E-state index is 12.0. The first kappa shape index (κ1) is 26.1. The molecule has 0 saturated carbocycles. The summed E-state index contributed by atoms with van der Waals surface area (Å²) in [6.07, 6.45) is 0. The lowest BCUT2D eigenvalue weighted by atomic mass is 10.1. The van der Waals surface area contributed by atoms with Gasteiger partial charge in [-0.15, -0.1) is 5.11 Å². The average molecular weight is 546 g/mol. The van der Waals surface area contributed by atoms with Crippen LogP contribution in [0.3, 0.4) is 0 Å². The largest absolute Gasteiger partial charge is 0.505 e. The molecule has 0 atom stereocenters. The van der Waals surface area contributed by atoms with Gasteiger partial charge in [-0.1, -0.05) is 0 Å². The van der Waals surface area contributed by atoms with E-state index < -0.39 is 62.4 Å². The zero-order valence-electron chi connectivity index (χ0n) is 17.3. The molecule has 3 aromatic rings. The molecule has 0 aliphatic rings. The van der Waals surface area contributed by atoms with E-state index in [4.69, 9.17) is 4.55 Å². The summed E-state index contributed by atoms with van der Waals surface area (Å²) in [6, 6.07) is 6.47. The number of rotatable bonds is 6. The van der Waals surface area contributed by atoms with Crippen LogP contribution in [-0.4, -0.2) is 49.9 Å². The standard InChI is InChI=1S/C18H15N3O11S3/c1-9(22)19-14-8-13(34(27,28)29)6-10-7-15(35(30,31)32)17(18(23)16(10)14)21-20-11-2-4-12(5-3-11)33(24,25)26/h2-8,23H,1H3,(H,19,22)(H,24,25,26)(H,27,28,29)(H,30,31,32). The Morgan fingerprint density at radius 1 is 0.800 bits per heavy atom. The molecule has 0 aromatic heterocycles. The minimum absolute atomic E-state index is 0.0537. The van der Waals surface area contributed by atoms with Crippen LogP contribution in [0.15, 0.2) is 67.4 Å². The number of azo groups is 1. The minimum Gasteiger partial charge on any atom is -0.505 e. The second kappa shape index (κ2) is 8.95. The molecular weight excluding hydrogens is 530 g/mol. The second-order valence-corrected chi connectivity index (χ2v) is 11.2. The molecule has 0 heterocycles. The third-order valence-corrected chi connectivity index (χ3v) is 6.98. The normalized spacial score (nSPS) is 12.8. The molecule has 1 amide bonds. The predicted molar refractivity (Wildman–Crippen MR) is 120 cm³/mol. The molecule has 0 fully saturated rings. The van der Waals surface area contributed by atoms with Gasteiger partial charge in [0.25, 0.3) is 30.4 Å². The summed E-state index contributed by atoms with van der Waals surface area (Å²) < 4.78 is 97.5. The lowest BCUT2D eigenvalue weighted by Gasteiger charge is -2.14. The fraction of sp³-hybridized carbons (Fsp3) is 0.0556. The average Bonchev–Trinajstić information content (AvgIpc) is 2.70. The minimum atomic E-state index is -5.09. The number of carbonyl (C=O) groups is 1. The van der Waals surface area contributed by atoms with Crippen LogP contribution in [0.5, 0.6) is 5.75 Å². The van der Waals surface area contributed by atoms with Gasteiger partial charge in [-0.25, -0.2) is 0 Å². The first-order chi connectivity index (χ1) is 16.0. The number of amides is 1. The van der Waals surface area contributed by atoms with Crippen molar-refractivity contribution in [3.63, 3.8) is 0 Å². The van der Waals surface area contributed by atoms with Crippen LogP contribution in [0.2, 0.25) is 0 Å². The van der Waals surface area contributed by atoms with E-state index in [2.05, 4.69) is 15.5 Å². The number of phenols is 1. The molecule has 0 radical (unpaired) electrons. The lowest BCUT2D eigenvalue weighted by molar-refractivity contribution is -0.114. The van der Waals surface area contributed by atoms with Gasteiger partial charge in [-0.3, -0.25) is 18.5 Å². The van der Waals surface area contributed by atoms with Crippen molar-refractivity contribution in [1.82, 2.24) is 0 Å². The van der Waals surface area contributed by atoms with E-state index in [-0.39, 0.29) is 22.1 Å². The van der Waals surface area contributed by atoms with Gasteiger partial charge in [-0.2, -0.15) is 30.4 Å². The number of anilines is 1. The van der Waals surface area contributed by atoms with Crippen molar-refractivity contribution in [3.8, 4) is 5.75 Å². The Bertz CT molecular complexity index is 1710. The summed E-state index contributed by atoms with van der Waals surface area (Å²) in [7, 11) is -14.4. The van der Waals surface area contributed by atoms with Crippen LogP contribution in [-0.2, 0) is 35.1 Å². The fourth-order valence-corrected chi connectivity index (χ4v) is 4.66. The van der Waals surface area contributed by atoms with E-state index in [1.54, 1.807) is 0 Å². The van der Waals surface area contributed by atoms with E-state index in [9.17, 15) is 44.3 Å². The number of nitrogens with one attached hydrogen (secondary N) is 1. The van der Waals surface area contributed by atoms with Crippen LogP contribution in [0.25, 0.3) is 10.8 Å². The molecule has 0 saturated heterocycles. The van der Waals surface area contributed by atoms with Crippen LogP contribution in [0.4, 0.5) is 17.1 Å². The quantitative estimate of drug-likeness (QED) is 0.223. The molecule has 0 unspecified atom stereocenters. The summed E-state index contributed by atoms with van der Waals surface area (Å²) in [6.45, 7) is 1.06. The summed E-state index contributed by atoms with van der Waals surface area (Å²) >= 11 is 0. The molecule has 14 nitrogen and oxygen atoms in total. The highest BCUT2D eigenvalue weighted by molar-refractivity contribution is 7.86. The maximum Gasteiger partial charge on any atom is 0.296 e. The summed E-state index contributed by atoms with van der Waals surface area (Å²) in [5, 5.41) is 19.7. The van der Waals surface area contributed by atoms with Crippen molar-refractivity contribution in [1.29, 1.82) is 0 Å². The number of phenolic OH excluding ortho intramolecular Hbond substituents is 1. The number of hydrogen-bond acceptors (Lipinski definition) is 10. The molecule has 0 bridgehead atoms. The van der Waals surface area contributed by atoms with Crippen molar-refractivity contribution in [2.24, 2.45) is 10.2 Å². The van der Waals surface area contributed by atoms with E-state index >= 15 is 0 Å². The Morgan fingerprint density at radius 3 is 1.86 bits per heavy atom. The molecule has 0 aliphatic carbocycles. The molecule has 186 valence electrons. The van der Waals surface area contributed by atoms with Gasteiger partial charge >= 0.3 is 0 Å². The first-order valence-electron chi connectivity index (χ1n) is 9.04. The van der Waals surface area contributed by atoms with Crippen molar-refractivity contribution in [2.75, 3.05) is 5.32 Å². The van der Waals surface area contributed by atoms with E-state index in [0.717, 1.165) is 49.4 Å². The third kappa shape index (κ3) is 5.78. The molecule has 3 aromatic carbocycles. The van der Waals surface area contributed by atoms with Crippen LogP contribution >= 0.6 is 0 Å². The molecule has 17 heteroatoms. The second-order valence-electron chi connectivity index (χ2n) is 6.94. The number of aromatic hydroxyl groups is 1. The lowest BCUT2D eigenvalue weighted by Crippen LogP contribution is -2.08. The van der Waals surface area contributed by atoms with Gasteiger partial charge in [0.05, 0.1) is 21.2 Å². The Hall–Kier alpha value is -3.48. The van der Waals surface area contributed by atoms with Gasteiger partial charge in [0, 0.05) is 12.3 Å². The van der Waals surface area contributed by atoms with Crippen molar-refractivity contribution in [2.45, 2.75) is 21.6 Å². The van der Waals surface area contributed by atoms with E-state index in [0.29, 0.717) is 0 Å². The zero-order chi connectivity index (χ0) is 26.3. The summed E-state index contributed by atoms with van der Waals surface area (Å²) in [5.74, 6) is -1.64. The van der Waals surface area contributed by atoms with Gasteiger partial charge < -0.3 is 10.4 Å². The number of benzene rings is 3. The Kier molecular flexibility index (Phi) is 6.68. The summed E-state index contributed by atoms with van der Waals surface area (Å²) in [4.78, 5) is 9.40. The SMILES string of the molecule is CC(=O)Nc1cc(S(=O)(=O)O)cc2cc(S(=O)(=O)O)c(N=Nc3ccc(S(=O)(=O)O)cc3)c(O)c12. The molecule has 3 rings (SSSR count). The number of carbonyl (C=O) groups excluding carboxylic acids is 1. The van der Waals surface area contributed by atoms with Gasteiger partial charge in [-0.05, 0) is 47.9 Å². The van der Waals surface area contributed by atoms with Gasteiger partial charge in [0.1, 0.15) is 10.6 Å². The van der Waals surface area contributed by atoms with Crippen LogP contribution in [0.1, 0.15) is 6.92 Å². The first-order valence-corrected chi connectivity index (χ1v) is 13.4. The third-order valence-electron chi connectivity index (χ3n) is 4.41. The van der Waals surface area contributed by atoms with Gasteiger partial charge in [0.2, 0.25) is 5.91 Å². The van der Waals surface area contributed by atoms with Crippen molar-refractivity contribution in [3.05, 3.63) is 42.5 Å². The number of hydrogen-bond donors (Lipinski definition) is 5. The summed E-state index contributed by atoms with van der Waals surface area (Å²) in [5.41, 5.74) is -1.19. The zero-order valence-corrected chi connectivity index (χ0v) is 19.8. The highest BCUT2D eigenvalue weighted by atomic mass is 32.2. The Balaban J connectivity index is 2.32. The molecule has 0 spiro atoms. The fourth-order valence-electron chi connectivity index (χ4n) is 2.98. The highest BCUT2D eigenvalue weighted by Gasteiger charge is 2.25. The van der Waals surface area contributed by atoms with Crippen LogP contribution < -0.4 is 5.32 Å². The van der Waals surface area contributed by atoms with Gasteiger partial charge in [0.15, 0.2) is 5.75 Å². The predicted octanol–water partition coefficient (Wildman–Crippen LogP) is 2.66. The smallest absolute Gasteiger partial charge is 0.296 e.